The van der Waals surface area contributed by atoms with Crippen molar-refractivity contribution in [1.82, 2.24) is 19.7 Å². The van der Waals surface area contributed by atoms with Gasteiger partial charge in [-0.2, -0.15) is 5.10 Å². The number of nitrogens with one attached hydrogen (secondary N) is 1. The van der Waals surface area contributed by atoms with Gasteiger partial charge in [0.1, 0.15) is 17.1 Å². The van der Waals surface area contributed by atoms with Crippen LogP contribution in [-0.4, -0.2) is 20.3 Å². The molecule has 0 atom stereocenters. The Bertz CT molecular complexity index is 1080. The first-order chi connectivity index (χ1) is 13.1. The predicted octanol–water partition coefficient (Wildman–Crippen LogP) is 4.05. The van der Waals surface area contributed by atoms with Crippen molar-refractivity contribution in [1.29, 1.82) is 0 Å². The molecule has 27 heavy (non-hydrogen) atoms. The first kappa shape index (κ1) is 17.2. The highest BCUT2D eigenvalue weighted by atomic mass is 35.5. The third-order valence-corrected chi connectivity index (χ3v) is 4.55. The molecular formula is C20H17ClN4O2. The van der Waals surface area contributed by atoms with E-state index < -0.39 is 0 Å². The molecule has 0 aliphatic rings. The smallest absolute Gasteiger partial charge is 0.270 e. The summed E-state index contributed by atoms with van der Waals surface area (Å²) in [6, 6.07) is 16.5. The van der Waals surface area contributed by atoms with Crippen LogP contribution in [-0.2, 0) is 13.6 Å². The molecule has 0 aliphatic carbocycles. The number of aryl methyl sites for hydroxylation is 1. The summed E-state index contributed by atoms with van der Waals surface area (Å²) in [7, 11) is 1.93. The van der Waals surface area contributed by atoms with Crippen molar-refractivity contribution in [2.45, 2.75) is 6.54 Å². The molecule has 1 amide bonds. The molecule has 0 aliphatic heterocycles. The Morgan fingerprint density at radius 2 is 2.04 bits per heavy atom. The third-order valence-electron chi connectivity index (χ3n) is 4.23. The van der Waals surface area contributed by atoms with E-state index in [1.807, 2.05) is 48.1 Å². The lowest BCUT2D eigenvalue weighted by molar-refractivity contribution is 0.0940. The van der Waals surface area contributed by atoms with Gasteiger partial charge in [0.15, 0.2) is 0 Å². The van der Waals surface area contributed by atoms with Gasteiger partial charge >= 0.3 is 0 Å². The van der Waals surface area contributed by atoms with Crippen LogP contribution in [0.15, 0.2) is 71.5 Å². The standard InChI is InChI=1S/C20H17ClN4O2/c1-24-10-4-9-18(24)16-12-19(20(26)22-13-14-6-5-11-27-14)25(23-16)17-8-3-2-7-15(17)21/h2-12H,13H2,1H3,(H,22,26). The molecule has 6 nitrogen and oxygen atoms in total. The zero-order valence-corrected chi connectivity index (χ0v) is 15.3. The molecule has 0 saturated carbocycles. The fraction of sp³-hybridized carbons (Fsp3) is 0.100. The van der Waals surface area contributed by atoms with Gasteiger partial charge in [-0.05, 0) is 42.5 Å². The normalized spacial score (nSPS) is 10.9. The average Bonchev–Trinajstić information content (AvgIpc) is 3.40. The summed E-state index contributed by atoms with van der Waals surface area (Å²) < 4.78 is 8.79. The van der Waals surface area contributed by atoms with Crippen molar-refractivity contribution < 1.29 is 9.21 Å². The fourth-order valence-corrected chi connectivity index (χ4v) is 3.09. The van der Waals surface area contributed by atoms with E-state index in [1.54, 1.807) is 35.2 Å². The number of nitrogens with zero attached hydrogens (tertiary/aromatic N) is 3. The van der Waals surface area contributed by atoms with Crippen LogP contribution in [0.2, 0.25) is 5.02 Å². The van der Waals surface area contributed by atoms with E-state index in [9.17, 15) is 4.79 Å². The summed E-state index contributed by atoms with van der Waals surface area (Å²) in [5.41, 5.74) is 2.63. The number of halogens is 1. The van der Waals surface area contributed by atoms with Crippen molar-refractivity contribution in [2.75, 3.05) is 0 Å². The minimum absolute atomic E-state index is 0.265. The van der Waals surface area contributed by atoms with Crippen LogP contribution in [0.3, 0.4) is 0 Å². The van der Waals surface area contributed by atoms with Gasteiger partial charge in [-0.15, -0.1) is 0 Å². The monoisotopic (exact) mass is 380 g/mol. The van der Waals surface area contributed by atoms with Crippen LogP contribution in [0, 0.1) is 0 Å². The largest absolute Gasteiger partial charge is 0.467 e. The second-order valence-electron chi connectivity index (χ2n) is 6.04. The molecule has 0 unspecified atom stereocenters. The quantitative estimate of drug-likeness (QED) is 0.568. The van der Waals surface area contributed by atoms with Gasteiger partial charge in [-0.3, -0.25) is 4.79 Å². The molecule has 1 aromatic carbocycles. The number of hydrogen-bond acceptors (Lipinski definition) is 3. The van der Waals surface area contributed by atoms with Crippen molar-refractivity contribution in [2.24, 2.45) is 7.05 Å². The highest BCUT2D eigenvalue weighted by molar-refractivity contribution is 6.32. The van der Waals surface area contributed by atoms with Crippen LogP contribution in [0.25, 0.3) is 17.1 Å². The minimum atomic E-state index is -0.265. The lowest BCUT2D eigenvalue weighted by Crippen LogP contribution is -2.25. The Balaban J connectivity index is 1.74. The Hall–Kier alpha value is -3.25. The van der Waals surface area contributed by atoms with E-state index in [1.165, 1.54) is 0 Å². The van der Waals surface area contributed by atoms with Gasteiger partial charge < -0.3 is 14.3 Å². The van der Waals surface area contributed by atoms with E-state index in [4.69, 9.17) is 16.0 Å². The van der Waals surface area contributed by atoms with Gasteiger partial charge in [0.25, 0.3) is 5.91 Å². The van der Waals surface area contributed by atoms with Crippen molar-refractivity contribution >= 4 is 17.5 Å². The summed E-state index contributed by atoms with van der Waals surface area (Å²) >= 11 is 6.35. The van der Waals surface area contributed by atoms with E-state index >= 15 is 0 Å². The molecule has 0 bridgehead atoms. The molecule has 0 radical (unpaired) electrons. The molecule has 0 fully saturated rings. The Morgan fingerprint density at radius 3 is 2.74 bits per heavy atom. The maximum atomic E-state index is 12.8. The molecule has 4 aromatic rings. The second kappa shape index (κ2) is 7.17. The van der Waals surface area contributed by atoms with Crippen LogP contribution in [0.1, 0.15) is 16.2 Å². The Labute approximate surface area is 161 Å². The predicted molar refractivity (Wildman–Crippen MR) is 103 cm³/mol. The number of furan rings is 1. The van der Waals surface area contributed by atoms with Crippen LogP contribution in [0.5, 0.6) is 0 Å². The molecule has 3 aromatic heterocycles. The van der Waals surface area contributed by atoms with Gasteiger partial charge in [-0.25, -0.2) is 4.68 Å². The highest BCUT2D eigenvalue weighted by Gasteiger charge is 2.20. The van der Waals surface area contributed by atoms with Crippen LogP contribution >= 0.6 is 11.6 Å². The molecule has 0 saturated heterocycles. The Morgan fingerprint density at radius 1 is 1.19 bits per heavy atom. The average molecular weight is 381 g/mol. The molecule has 0 spiro atoms. The number of aromatic nitrogens is 3. The number of para-hydroxylation sites is 1. The number of rotatable bonds is 5. The van der Waals surface area contributed by atoms with E-state index in [2.05, 4.69) is 10.4 Å². The summed E-state index contributed by atoms with van der Waals surface area (Å²) in [6.45, 7) is 0.291. The Kier molecular flexibility index (Phi) is 4.56. The third kappa shape index (κ3) is 3.39. The number of carbonyl (C=O) groups is 1. The number of carbonyl (C=O) groups excluding carboxylic acids is 1. The molecular weight excluding hydrogens is 364 g/mol. The molecule has 1 N–H and O–H groups in total. The van der Waals surface area contributed by atoms with Gasteiger partial charge in [0, 0.05) is 13.2 Å². The van der Waals surface area contributed by atoms with Crippen molar-refractivity contribution in [3.05, 3.63) is 83.5 Å². The second-order valence-corrected chi connectivity index (χ2v) is 6.45. The van der Waals surface area contributed by atoms with Gasteiger partial charge in [-0.1, -0.05) is 23.7 Å². The molecule has 4 rings (SSSR count). The minimum Gasteiger partial charge on any atom is -0.467 e. The number of hydrogen-bond donors (Lipinski definition) is 1. The van der Waals surface area contributed by atoms with E-state index in [0.717, 1.165) is 5.69 Å². The first-order valence-electron chi connectivity index (χ1n) is 8.41. The zero-order chi connectivity index (χ0) is 18.8. The summed E-state index contributed by atoms with van der Waals surface area (Å²) in [6.07, 6.45) is 3.50. The highest BCUT2D eigenvalue weighted by Crippen LogP contribution is 2.25. The summed E-state index contributed by atoms with van der Waals surface area (Å²) in [4.78, 5) is 12.8. The van der Waals surface area contributed by atoms with Crippen molar-refractivity contribution in [3.63, 3.8) is 0 Å². The molecule has 7 heteroatoms. The SMILES string of the molecule is Cn1cccc1-c1cc(C(=O)NCc2ccco2)n(-c2ccccc2Cl)n1. The summed E-state index contributed by atoms with van der Waals surface area (Å²) in [5, 5.41) is 8.01. The maximum absolute atomic E-state index is 12.8. The van der Waals surface area contributed by atoms with Gasteiger partial charge in [0.2, 0.25) is 0 Å². The van der Waals surface area contributed by atoms with Gasteiger partial charge in [0.05, 0.1) is 29.2 Å². The van der Waals surface area contributed by atoms with Crippen LogP contribution < -0.4 is 5.32 Å². The van der Waals surface area contributed by atoms with Crippen molar-refractivity contribution in [3.8, 4) is 17.1 Å². The van der Waals surface area contributed by atoms with Crippen LogP contribution in [0.4, 0.5) is 0 Å². The van der Waals surface area contributed by atoms with E-state index in [-0.39, 0.29) is 5.91 Å². The number of amides is 1. The lowest BCUT2D eigenvalue weighted by atomic mass is 10.2. The molecule has 136 valence electrons. The maximum Gasteiger partial charge on any atom is 0.270 e. The molecule has 3 heterocycles. The lowest BCUT2D eigenvalue weighted by Gasteiger charge is -2.09. The topological polar surface area (TPSA) is 65.0 Å². The first-order valence-corrected chi connectivity index (χ1v) is 8.78. The fourth-order valence-electron chi connectivity index (χ4n) is 2.87. The number of benzene rings is 1. The zero-order valence-electron chi connectivity index (χ0n) is 14.6. The summed E-state index contributed by atoms with van der Waals surface area (Å²) in [5.74, 6) is 0.411. The van der Waals surface area contributed by atoms with E-state index in [0.29, 0.717) is 34.4 Å².